The molecule has 0 spiro atoms. The maximum absolute atomic E-state index is 8.93. The molecule has 1 rings (SSSR count). The second-order valence-electron chi connectivity index (χ2n) is 2.66. The quantitative estimate of drug-likeness (QED) is 0.781. The van der Waals surface area contributed by atoms with Crippen molar-refractivity contribution in [3.63, 3.8) is 0 Å². The van der Waals surface area contributed by atoms with E-state index in [9.17, 15) is 0 Å². The van der Waals surface area contributed by atoms with Crippen LogP contribution in [0.25, 0.3) is 0 Å². The summed E-state index contributed by atoms with van der Waals surface area (Å²) in [6.07, 6.45) is 0. The van der Waals surface area contributed by atoms with E-state index in [1.807, 2.05) is 0 Å². The van der Waals surface area contributed by atoms with E-state index in [1.54, 1.807) is 19.1 Å². The monoisotopic (exact) mass is 237 g/mol. The number of rotatable bonds is 2. The number of benzene rings is 1. The number of aliphatic hydroxyl groups is 1. The lowest BCUT2D eigenvalue weighted by Crippen LogP contribution is -2.02. The summed E-state index contributed by atoms with van der Waals surface area (Å²) in [7, 11) is 0. The van der Waals surface area contributed by atoms with Gasteiger partial charge in [-0.15, -0.1) is 0 Å². The normalized spacial score (nSPS) is 10.9. The molecule has 0 heterocycles. The van der Waals surface area contributed by atoms with Gasteiger partial charge in [0.25, 0.3) is 0 Å². The minimum absolute atomic E-state index is 0.0835. The summed E-state index contributed by atoms with van der Waals surface area (Å²) in [6, 6.07) is 3.28. The molecule has 71 valence electrons. The number of halogens is 3. The van der Waals surface area contributed by atoms with Crippen molar-refractivity contribution in [2.45, 2.75) is 6.92 Å². The number of hydrogen-bond donors (Lipinski definition) is 1. The zero-order chi connectivity index (χ0) is 10.0. The van der Waals surface area contributed by atoms with E-state index in [-0.39, 0.29) is 6.61 Å². The van der Waals surface area contributed by atoms with Gasteiger partial charge in [-0.3, -0.25) is 0 Å². The summed E-state index contributed by atoms with van der Waals surface area (Å²) >= 11 is 17.6. The van der Waals surface area contributed by atoms with Gasteiger partial charge in [-0.25, -0.2) is 0 Å². The van der Waals surface area contributed by atoms with Gasteiger partial charge in [-0.05, 0) is 12.1 Å². The van der Waals surface area contributed by atoms with Gasteiger partial charge in [0.1, 0.15) is 0 Å². The van der Waals surface area contributed by atoms with E-state index in [0.717, 1.165) is 0 Å². The van der Waals surface area contributed by atoms with Crippen LogP contribution in [0.1, 0.15) is 12.5 Å². The third-order valence-corrected chi connectivity index (χ3v) is 2.83. The molecule has 0 unspecified atom stereocenters. The van der Waals surface area contributed by atoms with Gasteiger partial charge in [0.2, 0.25) is 0 Å². The molecule has 0 aromatic heterocycles. The molecule has 1 aromatic carbocycles. The summed E-state index contributed by atoms with van der Waals surface area (Å²) in [5, 5.41) is 10.3. The standard InChI is InChI=1S/C9H8Cl3O/c1-5(4-13)8-6(10)2-3-7(11)9(8)12/h2-3,13H,4H2,1H3. The molecule has 0 bridgehead atoms. The van der Waals surface area contributed by atoms with Crippen molar-refractivity contribution >= 4 is 34.8 Å². The Labute approximate surface area is 92.2 Å². The Morgan fingerprint density at radius 2 is 1.77 bits per heavy atom. The van der Waals surface area contributed by atoms with Crippen molar-refractivity contribution in [2.75, 3.05) is 6.61 Å². The molecule has 0 atom stereocenters. The Morgan fingerprint density at radius 3 is 2.31 bits per heavy atom. The molecule has 1 nitrogen and oxygen atoms in total. The highest BCUT2D eigenvalue weighted by atomic mass is 35.5. The zero-order valence-electron chi connectivity index (χ0n) is 6.94. The SMILES string of the molecule is C[C](CO)c1c(Cl)ccc(Cl)c1Cl. The first-order valence-electron chi connectivity index (χ1n) is 3.65. The first kappa shape index (κ1) is 11.1. The lowest BCUT2D eigenvalue weighted by Gasteiger charge is -2.12. The van der Waals surface area contributed by atoms with Crippen LogP contribution in [0.5, 0.6) is 0 Å². The van der Waals surface area contributed by atoms with Gasteiger partial charge in [-0.1, -0.05) is 41.7 Å². The molecule has 1 N–H and O–H groups in total. The Kier molecular flexibility index (Phi) is 3.87. The summed E-state index contributed by atoms with van der Waals surface area (Å²) in [5.41, 5.74) is 0.623. The molecule has 13 heavy (non-hydrogen) atoms. The second kappa shape index (κ2) is 4.52. The molecule has 0 aliphatic heterocycles. The summed E-state index contributed by atoms with van der Waals surface area (Å²) in [5.74, 6) is 0.706. The third kappa shape index (κ3) is 2.29. The minimum Gasteiger partial charge on any atom is -0.395 e. The van der Waals surface area contributed by atoms with Gasteiger partial charge < -0.3 is 5.11 Å². The van der Waals surface area contributed by atoms with E-state index in [4.69, 9.17) is 39.9 Å². The first-order valence-corrected chi connectivity index (χ1v) is 4.78. The lowest BCUT2D eigenvalue weighted by molar-refractivity contribution is 0.315. The molecule has 0 saturated carbocycles. The number of aliphatic hydroxyl groups excluding tert-OH is 1. The largest absolute Gasteiger partial charge is 0.395 e. The van der Waals surface area contributed by atoms with Crippen molar-refractivity contribution in [1.82, 2.24) is 0 Å². The first-order chi connectivity index (χ1) is 6.07. The van der Waals surface area contributed by atoms with Crippen LogP contribution < -0.4 is 0 Å². The Bertz CT molecular complexity index is 312. The van der Waals surface area contributed by atoms with Crippen LogP contribution in [0.15, 0.2) is 12.1 Å². The third-order valence-electron chi connectivity index (χ3n) is 1.71. The summed E-state index contributed by atoms with van der Waals surface area (Å²) in [6.45, 7) is 1.67. The summed E-state index contributed by atoms with van der Waals surface area (Å²) in [4.78, 5) is 0. The molecular weight excluding hydrogens is 230 g/mol. The van der Waals surface area contributed by atoms with Crippen molar-refractivity contribution < 1.29 is 5.11 Å². The van der Waals surface area contributed by atoms with Crippen molar-refractivity contribution in [3.8, 4) is 0 Å². The van der Waals surface area contributed by atoms with Crippen LogP contribution in [0, 0.1) is 5.92 Å². The van der Waals surface area contributed by atoms with Crippen LogP contribution in [0.3, 0.4) is 0 Å². The Morgan fingerprint density at radius 1 is 1.23 bits per heavy atom. The predicted octanol–water partition coefficient (Wildman–Crippen LogP) is 3.58. The van der Waals surface area contributed by atoms with E-state index in [1.165, 1.54) is 0 Å². The van der Waals surface area contributed by atoms with Gasteiger partial charge in [0.15, 0.2) is 0 Å². The fourth-order valence-corrected chi connectivity index (χ4v) is 1.85. The maximum Gasteiger partial charge on any atom is 0.0645 e. The molecule has 0 aliphatic rings. The molecule has 1 aromatic rings. The van der Waals surface area contributed by atoms with Crippen molar-refractivity contribution in [1.29, 1.82) is 0 Å². The van der Waals surface area contributed by atoms with Crippen molar-refractivity contribution in [3.05, 3.63) is 38.7 Å². The van der Waals surface area contributed by atoms with Crippen LogP contribution >= 0.6 is 34.8 Å². The zero-order valence-corrected chi connectivity index (χ0v) is 9.21. The van der Waals surface area contributed by atoms with Crippen LogP contribution in [-0.2, 0) is 0 Å². The van der Waals surface area contributed by atoms with E-state index in [0.29, 0.717) is 26.5 Å². The fourth-order valence-electron chi connectivity index (χ4n) is 0.997. The highest BCUT2D eigenvalue weighted by Crippen LogP contribution is 2.35. The van der Waals surface area contributed by atoms with Crippen LogP contribution in [0.2, 0.25) is 15.1 Å². The highest BCUT2D eigenvalue weighted by molar-refractivity contribution is 6.44. The van der Waals surface area contributed by atoms with Crippen LogP contribution in [-0.4, -0.2) is 11.7 Å². The molecule has 4 heteroatoms. The highest BCUT2D eigenvalue weighted by Gasteiger charge is 2.15. The molecule has 0 amide bonds. The second-order valence-corrected chi connectivity index (χ2v) is 3.85. The average Bonchev–Trinajstić information content (AvgIpc) is 2.12. The molecule has 0 saturated heterocycles. The Balaban J connectivity index is 3.25. The van der Waals surface area contributed by atoms with Gasteiger partial charge >= 0.3 is 0 Å². The smallest absolute Gasteiger partial charge is 0.0645 e. The van der Waals surface area contributed by atoms with Gasteiger partial charge in [0, 0.05) is 16.5 Å². The van der Waals surface area contributed by atoms with E-state index < -0.39 is 0 Å². The minimum atomic E-state index is -0.0835. The lowest BCUT2D eigenvalue weighted by atomic mass is 10.0. The average molecular weight is 239 g/mol. The Hall–Kier alpha value is 0.0500. The van der Waals surface area contributed by atoms with Gasteiger partial charge in [0.05, 0.1) is 16.7 Å². The van der Waals surface area contributed by atoms with Crippen molar-refractivity contribution in [2.24, 2.45) is 0 Å². The topological polar surface area (TPSA) is 20.2 Å². The molecular formula is C9H8Cl3O. The van der Waals surface area contributed by atoms with Crippen LogP contribution in [0.4, 0.5) is 0 Å². The molecule has 0 fully saturated rings. The summed E-state index contributed by atoms with van der Waals surface area (Å²) < 4.78 is 0. The fraction of sp³-hybridized carbons (Fsp3) is 0.222. The van der Waals surface area contributed by atoms with Gasteiger partial charge in [-0.2, -0.15) is 0 Å². The number of hydrogen-bond acceptors (Lipinski definition) is 1. The molecule has 1 radical (unpaired) electrons. The van der Waals surface area contributed by atoms with E-state index >= 15 is 0 Å². The maximum atomic E-state index is 8.93. The predicted molar refractivity (Wildman–Crippen MR) is 56.6 cm³/mol. The molecule has 0 aliphatic carbocycles. The van der Waals surface area contributed by atoms with E-state index in [2.05, 4.69) is 0 Å².